The van der Waals surface area contributed by atoms with Gasteiger partial charge in [-0.15, -0.1) is 0 Å². The normalized spacial score (nSPS) is 13.9. The Morgan fingerprint density at radius 3 is 2.29 bits per heavy atom. The molecular formula is C24H26N2O5. The van der Waals surface area contributed by atoms with E-state index in [1.807, 2.05) is 39.8 Å². The number of ether oxygens (including phenoxy) is 1. The van der Waals surface area contributed by atoms with Crippen LogP contribution in [0.3, 0.4) is 0 Å². The molecule has 0 aromatic heterocycles. The van der Waals surface area contributed by atoms with Gasteiger partial charge in [0, 0.05) is 12.2 Å². The SMILES string of the molecule is Cc1ccc(NC(=O)C(C)OC(=O)c2ccc3c(c2)C(=O)N(CC(C)C)C3=O)c(C)c1. The Bertz CT molecular complexity index is 1070. The highest BCUT2D eigenvalue weighted by molar-refractivity contribution is 6.22. The summed E-state index contributed by atoms with van der Waals surface area (Å²) in [5.74, 6) is -1.87. The van der Waals surface area contributed by atoms with E-state index >= 15 is 0 Å². The molecule has 3 amide bonds. The van der Waals surface area contributed by atoms with Crippen LogP contribution >= 0.6 is 0 Å². The van der Waals surface area contributed by atoms with Gasteiger partial charge >= 0.3 is 5.97 Å². The molecule has 162 valence electrons. The fourth-order valence-corrected chi connectivity index (χ4v) is 3.42. The maximum atomic E-state index is 12.6. The molecule has 1 unspecified atom stereocenters. The summed E-state index contributed by atoms with van der Waals surface area (Å²) in [5, 5.41) is 2.75. The van der Waals surface area contributed by atoms with E-state index in [0.717, 1.165) is 11.1 Å². The average Bonchev–Trinajstić information content (AvgIpc) is 2.94. The first kappa shape index (κ1) is 22.2. The minimum absolute atomic E-state index is 0.109. The number of hydrogen-bond donors (Lipinski definition) is 1. The number of benzene rings is 2. The molecule has 31 heavy (non-hydrogen) atoms. The van der Waals surface area contributed by atoms with Gasteiger partial charge in [0.2, 0.25) is 0 Å². The van der Waals surface area contributed by atoms with E-state index in [1.54, 1.807) is 6.07 Å². The Kier molecular flexibility index (Phi) is 6.24. The van der Waals surface area contributed by atoms with Gasteiger partial charge in [-0.1, -0.05) is 31.5 Å². The number of carbonyl (C=O) groups excluding carboxylic acids is 4. The van der Waals surface area contributed by atoms with Crippen molar-refractivity contribution in [3.8, 4) is 0 Å². The maximum Gasteiger partial charge on any atom is 0.338 e. The van der Waals surface area contributed by atoms with E-state index in [4.69, 9.17) is 4.74 Å². The van der Waals surface area contributed by atoms with Gasteiger partial charge < -0.3 is 10.1 Å². The van der Waals surface area contributed by atoms with Gasteiger partial charge in [-0.05, 0) is 56.5 Å². The zero-order chi connectivity index (χ0) is 22.9. The Labute approximate surface area is 181 Å². The summed E-state index contributed by atoms with van der Waals surface area (Å²) in [6, 6.07) is 9.85. The van der Waals surface area contributed by atoms with E-state index in [1.165, 1.54) is 30.0 Å². The lowest BCUT2D eigenvalue weighted by Gasteiger charge is -2.15. The van der Waals surface area contributed by atoms with Crippen molar-refractivity contribution in [3.05, 3.63) is 64.2 Å². The van der Waals surface area contributed by atoms with Crippen LogP contribution in [0.15, 0.2) is 36.4 Å². The van der Waals surface area contributed by atoms with E-state index in [2.05, 4.69) is 5.32 Å². The van der Waals surface area contributed by atoms with Crippen LogP contribution in [0.25, 0.3) is 0 Å². The van der Waals surface area contributed by atoms with Crippen LogP contribution < -0.4 is 5.32 Å². The predicted octanol–water partition coefficient (Wildman–Crippen LogP) is 3.74. The third kappa shape index (κ3) is 4.66. The first-order valence-electron chi connectivity index (χ1n) is 10.2. The van der Waals surface area contributed by atoms with Crippen LogP contribution in [0.1, 0.15) is 63.0 Å². The molecule has 0 bridgehead atoms. The number of nitrogens with one attached hydrogen (secondary N) is 1. The number of amides is 3. The molecular weight excluding hydrogens is 396 g/mol. The lowest BCUT2D eigenvalue weighted by Crippen LogP contribution is -2.33. The van der Waals surface area contributed by atoms with E-state index in [-0.39, 0.29) is 28.5 Å². The number of rotatable bonds is 6. The van der Waals surface area contributed by atoms with Crippen LogP contribution in [0.5, 0.6) is 0 Å². The number of nitrogens with zero attached hydrogens (tertiary/aromatic N) is 1. The number of hydrogen-bond acceptors (Lipinski definition) is 5. The number of imide groups is 1. The van der Waals surface area contributed by atoms with Crippen molar-refractivity contribution in [1.29, 1.82) is 0 Å². The van der Waals surface area contributed by atoms with Gasteiger partial charge in [0.15, 0.2) is 6.10 Å². The third-order valence-corrected chi connectivity index (χ3v) is 5.05. The minimum Gasteiger partial charge on any atom is -0.449 e. The van der Waals surface area contributed by atoms with Crippen molar-refractivity contribution >= 4 is 29.4 Å². The van der Waals surface area contributed by atoms with Gasteiger partial charge in [-0.25, -0.2) is 4.79 Å². The van der Waals surface area contributed by atoms with E-state index < -0.39 is 23.9 Å². The van der Waals surface area contributed by atoms with Crippen molar-refractivity contribution in [2.45, 2.75) is 40.7 Å². The van der Waals surface area contributed by atoms with Crippen LogP contribution in [0, 0.1) is 19.8 Å². The molecule has 0 aliphatic carbocycles. The molecule has 0 fully saturated rings. The largest absolute Gasteiger partial charge is 0.449 e. The molecule has 1 atom stereocenters. The van der Waals surface area contributed by atoms with Crippen LogP contribution in [-0.4, -0.2) is 41.2 Å². The zero-order valence-corrected chi connectivity index (χ0v) is 18.3. The fraction of sp³-hybridized carbons (Fsp3) is 0.333. The molecule has 0 radical (unpaired) electrons. The quantitative estimate of drug-likeness (QED) is 0.565. The van der Waals surface area contributed by atoms with Crippen LogP contribution in [0.2, 0.25) is 0 Å². The molecule has 0 saturated carbocycles. The topological polar surface area (TPSA) is 92.8 Å². The molecule has 1 heterocycles. The molecule has 0 saturated heterocycles. The summed E-state index contributed by atoms with van der Waals surface area (Å²) in [7, 11) is 0. The number of anilines is 1. The third-order valence-electron chi connectivity index (χ3n) is 5.05. The lowest BCUT2D eigenvalue weighted by atomic mass is 10.1. The van der Waals surface area contributed by atoms with Crippen LogP contribution in [0.4, 0.5) is 5.69 Å². The average molecular weight is 422 g/mol. The van der Waals surface area contributed by atoms with Gasteiger partial charge in [-0.3, -0.25) is 19.3 Å². The first-order valence-corrected chi connectivity index (χ1v) is 10.2. The standard InChI is InChI=1S/C24H26N2O5/c1-13(2)12-26-22(28)18-8-7-17(11-19(18)23(26)29)24(30)31-16(5)21(27)25-20-9-6-14(3)10-15(20)4/h6-11,13,16H,12H2,1-5H3,(H,25,27). The summed E-state index contributed by atoms with van der Waals surface area (Å²) >= 11 is 0. The monoisotopic (exact) mass is 422 g/mol. The lowest BCUT2D eigenvalue weighted by molar-refractivity contribution is -0.123. The Balaban J connectivity index is 1.70. The Morgan fingerprint density at radius 2 is 1.65 bits per heavy atom. The summed E-state index contributed by atoms with van der Waals surface area (Å²) in [6.07, 6.45) is -1.05. The van der Waals surface area contributed by atoms with Crippen molar-refractivity contribution in [2.75, 3.05) is 11.9 Å². The predicted molar refractivity (Wildman–Crippen MR) is 116 cm³/mol. The van der Waals surface area contributed by atoms with E-state index in [0.29, 0.717) is 12.2 Å². The van der Waals surface area contributed by atoms with Gasteiger partial charge in [-0.2, -0.15) is 0 Å². The highest BCUT2D eigenvalue weighted by Crippen LogP contribution is 2.25. The highest BCUT2D eigenvalue weighted by atomic mass is 16.5. The number of carbonyl (C=O) groups is 4. The second kappa shape index (κ2) is 8.71. The highest BCUT2D eigenvalue weighted by Gasteiger charge is 2.36. The molecule has 1 aliphatic heterocycles. The van der Waals surface area contributed by atoms with Gasteiger partial charge in [0.1, 0.15) is 0 Å². The molecule has 7 heteroatoms. The van der Waals surface area contributed by atoms with Gasteiger partial charge in [0.25, 0.3) is 17.7 Å². The minimum atomic E-state index is -1.05. The number of aryl methyl sites for hydroxylation is 2. The first-order chi connectivity index (χ1) is 14.6. The Morgan fingerprint density at radius 1 is 0.968 bits per heavy atom. The molecule has 2 aromatic rings. The second-order valence-corrected chi connectivity index (χ2v) is 8.23. The molecule has 2 aromatic carbocycles. The zero-order valence-electron chi connectivity index (χ0n) is 18.3. The summed E-state index contributed by atoms with van der Waals surface area (Å²) in [4.78, 5) is 51.2. The Hall–Kier alpha value is -3.48. The van der Waals surface area contributed by atoms with Crippen molar-refractivity contribution in [2.24, 2.45) is 5.92 Å². The fourth-order valence-electron chi connectivity index (χ4n) is 3.42. The van der Waals surface area contributed by atoms with Crippen molar-refractivity contribution in [1.82, 2.24) is 4.90 Å². The second-order valence-electron chi connectivity index (χ2n) is 8.23. The van der Waals surface area contributed by atoms with Crippen molar-refractivity contribution in [3.63, 3.8) is 0 Å². The molecule has 1 aliphatic rings. The molecule has 0 spiro atoms. The molecule has 1 N–H and O–H groups in total. The van der Waals surface area contributed by atoms with E-state index in [9.17, 15) is 19.2 Å². The number of esters is 1. The van der Waals surface area contributed by atoms with Crippen molar-refractivity contribution < 1.29 is 23.9 Å². The molecule has 7 nitrogen and oxygen atoms in total. The summed E-state index contributed by atoms with van der Waals surface area (Å²) in [5.41, 5.74) is 3.17. The summed E-state index contributed by atoms with van der Waals surface area (Å²) in [6.45, 7) is 9.45. The molecule has 3 rings (SSSR count). The maximum absolute atomic E-state index is 12.6. The smallest absolute Gasteiger partial charge is 0.338 e. The van der Waals surface area contributed by atoms with Gasteiger partial charge in [0.05, 0.1) is 16.7 Å². The van der Waals surface area contributed by atoms with Crippen LogP contribution in [-0.2, 0) is 9.53 Å². The number of fused-ring (bicyclic) bond motifs is 1. The summed E-state index contributed by atoms with van der Waals surface area (Å²) < 4.78 is 5.29.